The molecule has 0 fully saturated rings. The van der Waals surface area contributed by atoms with Gasteiger partial charge in [-0.3, -0.25) is 13.9 Å². The molecular weight excluding hydrogens is 506 g/mol. The van der Waals surface area contributed by atoms with Crippen LogP contribution >= 0.6 is 0 Å². The van der Waals surface area contributed by atoms with E-state index in [-0.39, 0.29) is 37.2 Å². The number of nitrogens with one attached hydrogen (secondary N) is 1. The molecular formula is C28H39N3O6S. The molecule has 1 aliphatic heterocycles. The Morgan fingerprint density at radius 3 is 2.32 bits per heavy atom. The molecule has 2 amide bonds. The molecule has 9 nitrogen and oxygen atoms in total. The number of benzene rings is 2. The van der Waals surface area contributed by atoms with Gasteiger partial charge in [-0.2, -0.15) is 0 Å². The molecule has 0 aliphatic carbocycles. The van der Waals surface area contributed by atoms with Crippen molar-refractivity contribution in [1.82, 2.24) is 10.2 Å². The average molecular weight is 546 g/mol. The van der Waals surface area contributed by atoms with Crippen LogP contribution in [0.2, 0.25) is 0 Å². The number of carbonyl (C=O) groups is 2. The zero-order valence-electron chi connectivity index (χ0n) is 22.7. The third-order valence-electron chi connectivity index (χ3n) is 6.55. The number of hydrogen-bond acceptors (Lipinski definition) is 6. The molecule has 10 heteroatoms. The summed E-state index contributed by atoms with van der Waals surface area (Å²) in [6.07, 6.45) is 2.77. The maximum absolute atomic E-state index is 13.5. The van der Waals surface area contributed by atoms with Crippen LogP contribution < -0.4 is 19.1 Å². The fourth-order valence-electron chi connectivity index (χ4n) is 4.33. The van der Waals surface area contributed by atoms with E-state index in [0.717, 1.165) is 18.2 Å². The predicted molar refractivity (Wildman–Crippen MR) is 148 cm³/mol. The molecule has 1 aliphatic rings. The molecule has 1 N–H and O–H groups in total. The summed E-state index contributed by atoms with van der Waals surface area (Å²) in [4.78, 5) is 28.2. The van der Waals surface area contributed by atoms with Crippen LogP contribution in [0.1, 0.15) is 52.0 Å². The van der Waals surface area contributed by atoms with E-state index in [4.69, 9.17) is 9.47 Å². The van der Waals surface area contributed by atoms with Gasteiger partial charge in [0.1, 0.15) is 19.3 Å². The van der Waals surface area contributed by atoms with E-state index < -0.39 is 16.1 Å². The van der Waals surface area contributed by atoms with Crippen molar-refractivity contribution in [1.29, 1.82) is 0 Å². The number of ether oxygens (including phenoxy) is 2. The molecule has 0 radical (unpaired) electrons. The molecule has 2 atom stereocenters. The first-order valence-electron chi connectivity index (χ1n) is 13.1. The highest BCUT2D eigenvalue weighted by Gasteiger charge is 2.29. The third kappa shape index (κ3) is 7.86. The summed E-state index contributed by atoms with van der Waals surface area (Å²) in [5.41, 5.74) is 1.37. The van der Waals surface area contributed by atoms with E-state index in [2.05, 4.69) is 5.32 Å². The largest absolute Gasteiger partial charge is 0.486 e. The van der Waals surface area contributed by atoms with Crippen LogP contribution in [0.25, 0.3) is 0 Å². The SMILES string of the molecule is CC[C@H](C)NC(=O)[C@H](CC)N(Cc1ccccc1)C(=O)CCCN(c1ccc2c(c1)OCCO2)S(C)(=O)=O. The summed E-state index contributed by atoms with van der Waals surface area (Å²) in [5.74, 6) is 0.683. The molecule has 0 spiro atoms. The Kier molecular flexibility index (Phi) is 10.4. The van der Waals surface area contributed by atoms with Gasteiger partial charge in [-0.05, 0) is 43.9 Å². The first-order chi connectivity index (χ1) is 18.1. The predicted octanol–water partition coefficient (Wildman–Crippen LogP) is 3.73. The van der Waals surface area contributed by atoms with Crippen molar-refractivity contribution in [2.45, 2.75) is 65.1 Å². The van der Waals surface area contributed by atoms with Crippen LogP contribution in [-0.2, 0) is 26.2 Å². The molecule has 3 rings (SSSR count). The number of amides is 2. The van der Waals surface area contributed by atoms with Gasteiger partial charge in [0.25, 0.3) is 0 Å². The van der Waals surface area contributed by atoms with E-state index in [1.165, 1.54) is 4.31 Å². The molecule has 2 aromatic rings. The maximum Gasteiger partial charge on any atom is 0.243 e. The third-order valence-corrected chi connectivity index (χ3v) is 7.74. The molecule has 0 unspecified atom stereocenters. The van der Waals surface area contributed by atoms with Gasteiger partial charge < -0.3 is 19.7 Å². The Morgan fingerprint density at radius 2 is 1.68 bits per heavy atom. The van der Waals surface area contributed by atoms with Crippen LogP contribution in [0.5, 0.6) is 11.5 Å². The molecule has 0 saturated carbocycles. The number of sulfonamides is 1. The normalized spacial score (nSPS) is 14.3. The Balaban J connectivity index is 1.75. The van der Waals surface area contributed by atoms with Crippen LogP contribution in [0.3, 0.4) is 0 Å². The monoisotopic (exact) mass is 545 g/mol. The molecule has 38 heavy (non-hydrogen) atoms. The van der Waals surface area contributed by atoms with E-state index in [1.807, 2.05) is 51.1 Å². The van der Waals surface area contributed by atoms with Gasteiger partial charge in [0.15, 0.2) is 11.5 Å². The fraction of sp³-hybridized carbons (Fsp3) is 0.500. The van der Waals surface area contributed by atoms with E-state index >= 15 is 0 Å². The van der Waals surface area contributed by atoms with Crippen molar-refractivity contribution in [2.75, 3.05) is 30.3 Å². The molecule has 1 heterocycles. The Morgan fingerprint density at radius 1 is 1.00 bits per heavy atom. The Hall–Kier alpha value is -3.27. The van der Waals surface area contributed by atoms with Crippen molar-refractivity contribution in [3.05, 3.63) is 54.1 Å². The van der Waals surface area contributed by atoms with Crippen molar-refractivity contribution < 1.29 is 27.5 Å². The summed E-state index contributed by atoms with van der Waals surface area (Å²) in [6, 6.07) is 13.9. The van der Waals surface area contributed by atoms with Gasteiger partial charge in [0, 0.05) is 31.6 Å². The fourth-order valence-corrected chi connectivity index (χ4v) is 5.29. The maximum atomic E-state index is 13.5. The quantitative estimate of drug-likeness (QED) is 0.411. The summed E-state index contributed by atoms with van der Waals surface area (Å²) < 4.78 is 37.7. The molecule has 2 aromatic carbocycles. The zero-order chi connectivity index (χ0) is 27.7. The number of fused-ring (bicyclic) bond motifs is 1. The highest BCUT2D eigenvalue weighted by atomic mass is 32.2. The van der Waals surface area contributed by atoms with Gasteiger partial charge in [0.2, 0.25) is 21.8 Å². The first-order valence-corrected chi connectivity index (χ1v) is 15.0. The van der Waals surface area contributed by atoms with Gasteiger partial charge in [0.05, 0.1) is 11.9 Å². The standard InChI is InChI=1S/C28H39N3O6S/c1-5-21(3)29-28(33)24(6-2)30(20-22-11-8-7-9-12-22)27(32)13-10-16-31(38(4,34)35)23-14-15-25-26(19-23)37-18-17-36-25/h7-9,11-12,14-15,19,21,24H,5-6,10,13,16-18,20H2,1-4H3,(H,29,33)/t21-,24-/m0/s1. The lowest BCUT2D eigenvalue weighted by Crippen LogP contribution is -2.50. The number of nitrogens with zero attached hydrogens (tertiary/aromatic N) is 2. The zero-order valence-corrected chi connectivity index (χ0v) is 23.5. The summed E-state index contributed by atoms with van der Waals surface area (Å²) in [5, 5.41) is 3.00. The second-order valence-electron chi connectivity index (χ2n) is 9.52. The van der Waals surface area contributed by atoms with Gasteiger partial charge >= 0.3 is 0 Å². The number of anilines is 1. The smallest absolute Gasteiger partial charge is 0.243 e. The van der Waals surface area contributed by atoms with Crippen molar-refractivity contribution in [3.63, 3.8) is 0 Å². The van der Waals surface area contributed by atoms with Crippen LogP contribution in [0.4, 0.5) is 5.69 Å². The molecule has 208 valence electrons. The van der Waals surface area contributed by atoms with E-state index in [1.54, 1.807) is 23.1 Å². The highest BCUT2D eigenvalue weighted by Crippen LogP contribution is 2.34. The number of hydrogen-bond donors (Lipinski definition) is 1. The van der Waals surface area contributed by atoms with Crippen LogP contribution in [0, 0.1) is 0 Å². The first kappa shape index (κ1) is 29.3. The topological polar surface area (TPSA) is 105 Å². The minimum atomic E-state index is -3.61. The van der Waals surface area contributed by atoms with E-state index in [9.17, 15) is 18.0 Å². The van der Waals surface area contributed by atoms with Gasteiger partial charge in [-0.25, -0.2) is 8.42 Å². The lowest BCUT2D eigenvalue weighted by atomic mass is 10.1. The highest BCUT2D eigenvalue weighted by molar-refractivity contribution is 7.92. The lowest BCUT2D eigenvalue weighted by molar-refractivity contribution is -0.141. The van der Waals surface area contributed by atoms with Crippen molar-refractivity contribution in [2.24, 2.45) is 0 Å². The molecule has 0 aromatic heterocycles. The minimum Gasteiger partial charge on any atom is -0.486 e. The Labute approximate surface area is 226 Å². The number of rotatable bonds is 13. The molecule has 0 bridgehead atoms. The Bertz CT molecular complexity index is 1190. The molecule has 0 saturated heterocycles. The second-order valence-corrected chi connectivity index (χ2v) is 11.4. The summed E-state index contributed by atoms with van der Waals surface area (Å²) in [6.45, 7) is 7.06. The second kappa shape index (κ2) is 13.5. The van der Waals surface area contributed by atoms with Crippen molar-refractivity contribution >= 4 is 27.5 Å². The summed E-state index contributed by atoms with van der Waals surface area (Å²) >= 11 is 0. The van der Waals surface area contributed by atoms with Gasteiger partial charge in [-0.15, -0.1) is 0 Å². The van der Waals surface area contributed by atoms with Gasteiger partial charge in [-0.1, -0.05) is 44.2 Å². The number of carbonyl (C=O) groups excluding carboxylic acids is 2. The summed E-state index contributed by atoms with van der Waals surface area (Å²) in [7, 11) is -3.61. The van der Waals surface area contributed by atoms with E-state index in [0.29, 0.717) is 43.4 Å². The van der Waals surface area contributed by atoms with Crippen LogP contribution in [-0.4, -0.2) is 63.2 Å². The van der Waals surface area contributed by atoms with Crippen molar-refractivity contribution in [3.8, 4) is 11.5 Å². The minimum absolute atomic E-state index is 0.000422. The average Bonchev–Trinajstić information content (AvgIpc) is 2.90. The lowest BCUT2D eigenvalue weighted by Gasteiger charge is -2.32. The van der Waals surface area contributed by atoms with Crippen LogP contribution in [0.15, 0.2) is 48.5 Å².